The molecule has 2 amide bonds. The van der Waals surface area contributed by atoms with E-state index < -0.39 is 12.1 Å². The van der Waals surface area contributed by atoms with E-state index >= 15 is 0 Å². The number of carbonyl (C=O) groups is 1. The predicted molar refractivity (Wildman–Crippen MR) is 66.8 cm³/mol. The molecule has 0 fully saturated rings. The molecule has 0 aliphatic carbocycles. The summed E-state index contributed by atoms with van der Waals surface area (Å²) in [5.41, 5.74) is 4.95. The van der Waals surface area contributed by atoms with Crippen molar-refractivity contribution in [1.29, 1.82) is 0 Å². The van der Waals surface area contributed by atoms with Crippen molar-refractivity contribution in [2.45, 2.75) is 13.0 Å². The monoisotopic (exact) mass is 280 g/mol. The molecule has 0 aliphatic rings. The van der Waals surface area contributed by atoms with Gasteiger partial charge in [-0.25, -0.2) is 9.18 Å². The summed E-state index contributed by atoms with van der Waals surface area (Å²) in [6.45, 7) is 1.53. The number of hydrogen-bond donors (Lipinski definition) is 2. The number of amides is 2. The average molecular weight is 280 g/mol. The summed E-state index contributed by atoms with van der Waals surface area (Å²) >= 11 is 0. The van der Waals surface area contributed by atoms with Gasteiger partial charge < -0.3 is 14.9 Å². The molecule has 0 spiro atoms. The Hall–Kier alpha value is -2.54. The first-order valence-electron chi connectivity index (χ1n) is 5.78. The maximum Gasteiger partial charge on any atom is 0.339 e. The molecule has 0 aliphatic heterocycles. The quantitative estimate of drug-likeness (QED) is 0.665. The van der Waals surface area contributed by atoms with Crippen LogP contribution in [0.5, 0.6) is 11.7 Å². The summed E-state index contributed by atoms with van der Waals surface area (Å²) in [7, 11) is 0. The normalized spacial score (nSPS) is 11.9. The number of urea groups is 1. The van der Waals surface area contributed by atoms with E-state index in [0.29, 0.717) is 16.6 Å². The third kappa shape index (κ3) is 3.07. The molecule has 20 heavy (non-hydrogen) atoms. The Morgan fingerprint density at radius 1 is 1.35 bits per heavy atom. The van der Waals surface area contributed by atoms with Gasteiger partial charge in [-0.15, -0.1) is 0 Å². The molecule has 1 aromatic carbocycles. The van der Waals surface area contributed by atoms with E-state index in [1.807, 2.05) is 0 Å². The van der Waals surface area contributed by atoms with E-state index in [9.17, 15) is 14.4 Å². The van der Waals surface area contributed by atoms with Gasteiger partial charge in [0, 0.05) is 6.07 Å². The summed E-state index contributed by atoms with van der Waals surface area (Å²) in [6, 6.07) is 6.72. The zero-order valence-electron chi connectivity index (χ0n) is 10.6. The Morgan fingerprint density at radius 2 is 2.00 bits per heavy atom. The van der Waals surface area contributed by atoms with Crippen LogP contribution in [0.2, 0.25) is 0 Å². The lowest BCUT2D eigenvalue weighted by Gasteiger charge is -2.17. The highest BCUT2D eigenvalue weighted by Gasteiger charge is 2.20. The van der Waals surface area contributed by atoms with E-state index in [0.717, 1.165) is 0 Å². The molecule has 2 rings (SSSR count). The number of hydroxylamine groups is 2. The first-order chi connectivity index (χ1) is 9.47. The summed E-state index contributed by atoms with van der Waals surface area (Å²) in [6.07, 6.45) is 0. The maximum absolute atomic E-state index is 12.7. The highest BCUT2D eigenvalue weighted by atomic mass is 19.1. The predicted octanol–water partition coefficient (Wildman–Crippen LogP) is 3.04. The molecule has 1 atom stereocenters. The second-order valence-corrected chi connectivity index (χ2v) is 4.07. The summed E-state index contributed by atoms with van der Waals surface area (Å²) in [5, 5.41) is 9.74. The van der Waals surface area contributed by atoms with E-state index in [-0.39, 0.29) is 11.8 Å². The standard InChI is InChI=1S/C13H13FN2O4/c1-8(16(18)13(15)17)11-6-7-12(20-11)19-10-4-2-9(14)3-5-10/h2-8,18H,1H3,(H2,15,17). The molecule has 1 unspecified atom stereocenters. The number of hydrogen-bond acceptors (Lipinski definition) is 4. The molecule has 1 aromatic heterocycles. The number of benzene rings is 1. The second-order valence-electron chi connectivity index (χ2n) is 4.07. The van der Waals surface area contributed by atoms with E-state index in [2.05, 4.69) is 0 Å². The lowest BCUT2D eigenvalue weighted by Crippen LogP contribution is -2.34. The van der Waals surface area contributed by atoms with Crippen LogP contribution in [0.1, 0.15) is 18.7 Å². The molecule has 6 nitrogen and oxygen atoms in total. The van der Waals surface area contributed by atoms with Gasteiger partial charge in [-0.1, -0.05) is 0 Å². The van der Waals surface area contributed by atoms with E-state index in [1.165, 1.54) is 43.3 Å². The number of ether oxygens (including phenoxy) is 1. The first kappa shape index (κ1) is 13.9. The smallest absolute Gasteiger partial charge is 0.339 e. The third-order valence-corrected chi connectivity index (χ3v) is 2.64. The molecular formula is C13H13FN2O4. The Morgan fingerprint density at radius 3 is 2.60 bits per heavy atom. The van der Waals surface area contributed by atoms with Crippen LogP contribution in [-0.4, -0.2) is 16.3 Å². The number of nitrogens with two attached hydrogens (primary N) is 1. The molecule has 0 bridgehead atoms. The molecule has 0 radical (unpaired) electrons. The summed E-state index contributed by atoms with van der Waals surface area (Å²) in [5.74, 6) is 0.471. The summed E-state index contributed by atoms with van der Waals surface area (Å²) < 4.78 is 23.4. The molecule has 0 saturated heterocycles. The molecule has 3 N–H and O–H groups in total. The first-order valence-corrected chi connectivity index (χ1v) is 5.78. The van der Waals surface area contributed by atoms with Gasteiger partial charge in [0.05, 0.1) is 0 Å². The van der Waals surface area contributed by atoms with E-state index in [1.54, 1.807) is 0 Å². The van der Waals surface area contributed by atoms with Crippen molar-refractivity contribution in [3.05, 3.63) is 48.0 Å². The second kappa shape index (κ2) is 5.62. The lowest BCUT2D eigenvalue weighted by molar-refractivity contribution is -0.0765. The number of nitrogens with zero attached hydrogens (tertiary/aromatic N) is 1. The Labute approximate surface area is 114 Å². The van der Waals surface area contributed by atoms with Crippen molar-refractivity contribution in [2.75, 3.05) is 0 Å². The van der Waals surface area contributed by atoms with Gasteiger partial charge in [0.25, 0.3) is 5.95 Å². The largest absolute Gasteiger partial charge is 0.428 e. The summed E-state index contributed by atoms with van der Waals surface area (Å²) in [4.78, 5) is 10.8. The number of carbonyl (C=O) groups excluding carboxylic acids is 1. The van der Waals surface area contributed by atoms with Gasteiger partial charge in [0.1, 0.15) is 23.4 Å². The van der Waals surface area contributed by atoms with Crippen LogP contribution in [0.15, 0.2) is 40.8 Å². The van der Waals surface area contributed by atoms with Crippen molar-refractivity contribution in [2.24, 2.45) is 5.73 Å². The highest BCUT2D eigenvalue weighted by Crippen LogP contribution is 2.28. The zero-order valence-corrected chi connectivity index (χ0v) is 10.6. The van der Waals surface area contributed by atoms with Gasteiger partial charge in [-0.2, -0.15) is 5.06 Å². The molecule has 7 heteroatoms. The van der Waals surface area contributed by atoms with Crippen molar-refractivity contribution >= 4 is 6.03 Å². The van der Waals surface area contributed by atoms with Crippen LogP contribution in [0.3, 0.4) is 0 Å². The zero-order chi connectivity index (χ0) is 14.7. The Balaban J connectivity index is 2.09. The molecular weight excluding hydrogens is 267 g/mol. The number of rotatable bonds is 4. The SMILES string of the molecule is CC(c1ccc(Oc2ccc(F)cc2)o1)N(O)C(N)=O. The highest BCUT2D eigenvalue weighted by molar-refractivity contribution is 5.71. The minimum atomic E-state index is -0.991. The van der Waals surface area contributed by atoms with Crippen molar-refractivity contribution < 1.29 is 23.5 Å². The number of furan rings is 1. The Kier molecular flexibility index (Phi) is 3.90. The van der Waals surface area contributed by atoms with Crippen LogP contribution in [-0.2, 0) is 0 Å². The molecule has 2 aromatic rings. The molecule has 106 valence electrons. The van der Waals surface area contributed by atoms with Gasteiger partial charge in [-0.05, 0) is 37.3 Å². The molecule has 0 saturated carbocycles. The fraction of sp³-hybridized carbons (Fsp3) is 0.154. The minimum Gasteiger partial charge on any atom is -0.428 e. The maximum atomic E-state index is 12.7. The van der Waals surface area contributed by atoms with E-state index in [4.69, 9.17) is 14.9 Å². The molecule has 1 heterocycles. The fourth-order valence-electron chi connectivity index (χ4n) is 1.54. The van der Waals surface area contributed by atoms with Crippen molar-refractivity contribution in [3.63, 3.8) is 0 Å². The van der Waals surface area contributed by atoms with Crippen molar-refractivity contribution in [1.82, 2.24) is 5.06 Å². The van der Waals surface area contributed by atoms with Crippen LogP contribution >= 0.6 is 0 Å². The third-order valence-electron chi connectivity index (χ3n) is 2.64. The van der Waals surface area contributed by atoms with Gasteiger partial charge in [-0.3, -0.25) is 5.21 Å². The van der Waals surface area contributed by atoms with Crippen molar-refractivity contribution in [3.8, 4) is 11.7 Å². The number of primary amides is 1. The topological polar surface area (TPSA) is 88.9 Å². The Bertz CT molecular complexity index is 597. The van der Waals surface area contributed by atoms with Crippen LogP contribution in [0.25, 0.3) is 0 Å². The van der Waals surface area contributed by atoms with Crippen LogP contribution in [0.4, 0.5) is 9.18 Å². The van der Waals surface area contributed by atoms with Crippen LogP contribution < -0.4 is 10.5 Å². The number of halogens is 1. The fourth-order valence-corrected chi connectivity index (χ4v) is 1.54. The van der Waals surface area contributed by atoms with Gasteiger partial charge in [0.2, 0.25) is 0 Å². The lowest BCUT2D eigenvalue weighted by atomic mass is 10.2. The minimum absolute atomic E-state index is 0.149. The van der Waals surface area contributed by atoms with Crippen LogP contribution in [0, 0.1) is 5.82 Å². The van der Waals surface area contributed by atoms with Gasteiger partial charge >= 0.3 is 6.03 Å². The average Bonchev–Trinajstić information content (AvgIpc) is 2.88. The van der Waals surface area contributed by atoms with Gasteiger partial charge in [0.15, 0.2) is 0 Å².